The number of rotatable bonds is 5. The van der Waals surface area contributed by atoms with Gasteiger partial charge < -0.3 is 4.57 Å². The molecule has 0 atom stereocenters. The van der Waals surface area contributed by atoms with Crippen LogP contribution >= 0.6 is 11.8 Å². The van der Waals surface area contributed by atoms with Crippen LogP contribution in [0.5, 0.6) is 0 Å². The maximum Gasteiger partial charge on any atom is 0.243 e. The summed E-state index contributed by atoms with van der Waals surface area (Å²) < 4.78 is 29.4. The van der Waals surface area contributed by atoms with E-state index in [1.54, 1.807) is 28.2 Å². The van der Waals surface area contributed by atoms with Crippen LogP contribution in [0.25, 0.3) is 11.0 Å². The number of hydrogen-bond acceptors (Lipinski definition) is 4. The first kappa shape index (κ1) is 18.3. The molecule has 0 amide bonds. The third-order valence-corrected chi connectivity index (χ3v) is 7.16. The van der Waals surface area contributed by atoms with Gasteiger partial charge in [-0.1, -0.05) is 24.1 Å². The Morgan fingerprint density at radius 1 is 1.24 bits per heavy atom. The third kappa shape index (κ3) is 3.71. The van der Waals surface area contributed by atoms with Crippen LogP contribution in [0.15, 0.2) is 28.3 Å². The highest BCUT2D eigenvalue weighted by atomic mass is 32.2. The van der Waals surface area contributed by atoms with Gasteiger partial charge in [0.25, 0.3) is 0 Å². The van der Waals surface area contributed by atoms with E-state index in [2.05, 4.69) is 28.3 Å². The van der Waals surface area contributed by atoms with Crippen LogP contribution in [0.1, 0.15) is 33.1 Å². The van der Waals surface area contributed by atoms with Crippen LogP contribution in [-0.2, 0) is 16.6 Å². The van der Waals surface area contributed by atoms with Gasteiger partial charge in [-0.15, -0.1) is 5.92 Å². The van der Waals surface area contributed by atoms with E-state index in [4.69, 9.17) is 0 Å². The molecule has 1 aromatic heterocycles. The van der Waals surface area contributed by atoms with Gasteiger partial charge in [0.1, 0.15) is 0 Å². The van der Waals surface area contributed by atoms with Gasteiger partial charge >= 0.3 is 0 Å². The first-order chi connectivity index (χ1) is 12.1. The normalized spacial score (nSPS) is 15.9. The lowest BCUT2D eigenvalue weighted by molar-refractivity contribution is 0.346. The molecule has 0 unspecified atom stereocenters. The molecule has 0 spiro atoms. The minimum Gasteiger partial charge on any atom is -0.319 e. The van der Waals surface area contributed by atoms with E-state index in [9.17, 15) is 8.42 Å². The molecule has 0 radical (unpaired) electrons. The summed E-state index contributed by atoms with van der Waals surface area (Å²) in [4.78, 5) is 4.99. The second kappa shape index (κ2) is 7.81. The van der Waals surface area contributed by atoms with E-state index in [1.165, 1.54) is 0 Å². The largest absolute Gasteiger partial charge is 0.319 e. The monoisotopic (exact) mass is 377 g/mol. The van der Waals surface area contributed by atoms with Crippen molar-refractivity contribution in [1.29, 1.82) is 0 Å². The van der Waals surface area contributed by atoms with Crippen molar-refractivity contribution in [3.8, 4) is 11.8 Å². The topological polar surface area (TPSA) is 55.2 Å². The number of nitrogens with zero attached hydrogens (tertiary/aromatic N) is 3. The number of thioether (sulfide) groups is 1. The van der Waals surface area contributed by atoms with Crippen LogP contribution in [0.4, 0.5) is 0 Å². The van der Waals surface area contributed by atoms with Crippen molar-refractivity contribution in [2.75, 3.05) is 18.8 Å². The van der Waals surface area contributed by atoms with Gasteiger partial charge in [-0.25, -0.2) is 13.4 Å². The van der Waals surface area contributed by atoms with Crippen LogP contribution in [0, 0.1) is 11.8 Å². The predicted octanol–water partition coefficient (Wildman–Crippen LogP) is 3.35. The molecular weight excluding hydrogens is 354 g/mol. The molecule has 25 heavy (non-hydrogen) atoms. The van der Waals surface area contributed by atoms with Crippen molar-refractivity contribution in [3.05, 3.63) is 18.2 Å². The van der Waals surface area contributed by atoms with Crippen molar-refractivity contribution in [2.45, 2.75) is 49.7 Å². The highest BCUT2D eigenvalue weighted by Gasteiger charge is 2.26. The van der Waals surface area contributed by atoms with E-state index < -0.39 is 10.0 Å². The molecule has 1 aliphatic rings. The van der Waals surface area contributed by atoms with Gasteiger partial charge in [-0.2, -0.15) is 4.31 Å². The molecule has 2 aromatic rings. The molecule has 7 heteroatoms. The number of imidazole rings is 1. The summed E-state index contributed by atoms with van der Waals surface area (Å²) in [5, 5.41) is 0.882. The Hall–Kier alpha value is -1.49. The number of benzene rings is 1. The number of fused-ring (bicyclic) bond motifs is 1. The fourth-order valence-electron chi connectivity index (χ4n) is 3.09. The Labute approximate surface area is 153 Å². The maximum atomic E-state index is 12.9. The molecule has 0 N–H and O–H groups in total. The Morgan fingerprint density at radius 3 is 2.68 bits per heavy atom. The molecule has 1 fully saturated rings. The first-order valence-corrected chi connectivity index (χ1v) is 11.0. The van der Waals surface area contributed by atoms with Crippen LogP contribution in [0.3, 0.4) is 0 Å². The van der Waals surface area contributed by atoms with E-state index in [0.717, 1.165) is 42.0 Å². The van der Waals surface area contributed by atoms with E-state index in [-0.39, 0.29) is 0 Å². The lowest BCUT2D eigenvalue weighted by atomic mass is 10.2. The standard InChI is InChI=1S/C18H23N3O2S2/c1-3-5-13-24-18-19-16-14-15(9-10-17(16)21(18)4-2)25(22,23)20-11-7-6-8-12-20/h9-10,14H,4,6-8,11-13H2,1-2H3. The van der Waals surface area contributed by atoms with Crippen LogP contribution < -0.4 is 0 Å². The molecular formula is C18H23N3O2S2. The van der Waals surface area contributed by atoms with Crippen molar-refractivity contribution in [2.24, 2.45) is 0 Å². The van der Waals surface area contributed by atoms with Gasteiger partial charge in [0, 0.05) is 19.6 Å². The zero-order valence-corrected chi connectivity index (χ0v) is 16.3. The fraction of sp³-hybridized carbons (Fsp3) is 0.500. The van der Waals surface area contributed by atoms with Gasteiger partial charge in [-0.05, 0) is 44.9 Å². The summed E-state index contributed by atoms with van der Waals surface area (Å²) in [7, 11) is -3.43. The number of sulfonamides is 1. The third-order valence-electron chi connectivity index (χ3n) is 4.40. The van der Waals surface area contributed by atoms with E-state index in [1.807, 2.05) is 13.0 Å². The van der Waals surface area contributed by atoms with E-state index in [0.29, 0.717) is 23.7 Å². The van der Waals surface area contributed by atoms with Crippen molar-refractivity contribution in [3.63, 3.8) is 0 Å². The molecule has 3 rings (SSSR count). The second-order valence-corrected chi connectivity index (χ2v) is 8.85. The zero-order chi connectivity index (χ0) is 17.9. The Balaban J connectivity index is 1.97. The molecule has 1 aliphatic heterocycles. The zero-order valence-electron chi connectivity index (χ0n) is 14.7. The number of piperidine rings is 1. The van der Waals surface area contributed by atoms with Crippen molar-refractivity contribution in [1.82, 2.24) is 13.9 Å². The molecule has 0 aliphatic carbocycles. The van der Waals surface area contributed by atoms with Gasteiger partial charge in [0.2, 0.25) is 10.0 Å². The van der Waals surface area contributed by atoms with Crippen molar-refractivity contribution < 1.29 is 8.42 Å². The van der Waals surface area contributed by atoms with Gasteiger partial charge in [0.05, 0.1) is 21.7 Å². The average molecular weight is 378 g/mol. The lowest BCUT2D eigenvalue weighted by Crippen LogP contribution is -2.35. The average Bonchev–Trinajstić information content (AvgIpc) is 2.99. The smallest absolute Gasteiger partial charge is 0.243 e. The Morgan fingerprint density at radius 2 is 2.00 bits per heavy atom. The molecule has 2 heterocycles. The maximum absolute atomic E-state index is 12.9. The minimum atomic E-state index is -3.43. The van der Waals surface area contributed by atoms with Gasteiger partial charge in [0.15, 0.2) is 5.16 Å². The summed E-state index contributed by atoms with van der Waals surface area (Å²) in [6.07, 6.45) is 2.98. The quantitative estimate of drug-likeness (QED) is 0.592. The van der Waals surface area contributed by atoms with Crippen LogP contribution in [-0.4, -0.2) is 41.1 Å². The number of aromatic nitrogens is 2. The summed E-state index contributed by atoms with van der Waals surface area (Å²) in [6, 6.07) is 5.29. The number of hydrogen-bond donors (Lipinski definition) is 0. The predicted molar refractivity (Wildman–Crippen MR) is 102 cm³/mol. The molecule has 5 nitrogen and oxygen atoms in total. The first-order valence-electron chi connectivity index (χ1n) is 8.60. The Kier molecular flexibility index (Phi) is 5.72. The summed E-state index contributed by atoms with van der Waals surface area (Å²) in [5.74, 6) is 6.59. The molecule has 0 bridgehead atoms. The fourth-order valence-corrected chi connectivity index (χ4v) is 5.52. The van der Waals surface area contributed by atoms with Gasteiger partial charge in [-0.3, -0.25) is 0 Å². The number of aryl methyl sites for hydroxylation is 1. The highest BCUT2D eigenvalue weighted by Crippen LogP contribution is 2.28. The lowest BCUT2D eigenvalue weighted by Gasteiger charge is -2.25. The van der Waals surface area contributed by atoms with Crippen molar-refractivity contribution >= 4 is 32.8 Å². The molecule has 0 saturated carbocycles. The molecule has 134 valence electrons. The summed E-state index contributed by atoms with van der Waals surface area (Å²) >= 11 is 1.58. The highest BCUT2D eigenvalue weighted by molar-refractivity contribution is 7.99. The molecule has 1 aromatic carbocycles. The summed E-state index contributed by atoms with van der Waals surface area (Å²) in [6.45, 7) is 5.90. The second-order valence-electron chi connectivity index (χ2n) is 5.97. The minimum absolute atomic E-state index is 0.340. The van der Waals surface area contributed by atoms with E-state index >= 15 is 0 Å². The SMILES string of the molecule is CC#CCSc1nc2cc(S(=O)(=O)N3CCCCC3)ccc2n1CC. The summed E-state index contributed by atoms with van der Waals surface area (Å²) in [5.41, 5.74) is 1.69. The Bertz CT molecular complexity index is 917. The van der Waals surface area contributed by atoms with Crippen LogP contribution in [0.2, 0.25) is 0 Å². The molecule has 1 saturated heterocycles.